The second kappa shape index (κ2) is 5.57. The Hall–Kier alpha value is -1.20. The fourth-order valence-corrected chi connectivity index (χ4v) is 0.0546. The second-order valence-electron chi connectivity index (χ2n) is 1.38. The number of allylic oxidation sites excluding steroid dienone is 1. The van der Waals surface area contributed by atoms with Crippen molar-refractivity contribution in [3.63, 3.8) is 0 Å². The molecule has 0 aromatic rings. The van der Waals surface area contributed by atoms with Gasteiger partial charge in [-0.3, -0.25) is 0 Å². The zero-order valence-electron chi connectivity index (χ0n) is 5.43. The fraction of sp³-hybridized carbons (Fsp3) is 0.400. The molecule has 0 atom stereocenters. The lowest BCUT2D eigenvalue weighted by Gasteiger charge is -2.01. The minimum atomic E-state index is -3.32. The maximum atomic E-state index is 11.4. The Morgan fingerprint density at radius 3 is 1.82 bits per heavy atom. The van der Waals surface area contributed by atoms with Crippen molar-refractivity contribution in [2.24, 2.45) is 0 Å². The Balaban J connectivity index is 0. The number of alkyl halides is 3. The molecule has 0 aromatic heterocycles. The van der Waals surface area contributed by atoms with Gasteiger partial charge < -0.3 is 10.2 Å². The van der Waals surface area contributed by atoms with Crippen LogP contribution in [0.4, 0.5) is 18.0 Å². The molecule has 6 heteroatoms. The standard InChI is InChI=1S/C4H5F3.CH2O3/c1-2-4(6,7)3-5;2-1(3)4/h2H,1,3H2;(H2,2,3,4). The topological polar surface area (TPSA) is 57.5 Å². The predicted molar refractivity (Wildman–Crippen MR) is 31.8 cm³/mol. The molecule has 0 aliphatic rings. The molecule has 0 fully saturated rings. The van der Waals surface area contributed by atoms with Crippen molar-refractivity contribution in [2.75, 3.05) is 6.67 Å². The highest BCUT2D eigenvalue weighted by atomic mass is 19.3. The zero-order chi connectivity index (χ0) is 9.49. The number of carboxylic acid groups (broad SMARTS) is 2. The molecular formula is C5H7F3O3. The van der Waals surface area contributed by atoms with Gasteiger partial charge in [-0.1, -0.05) is 6.58 Å². The molecule has 2 N–H and O–H groups in total. The number of rotatable bonds is 2. The number of halogens is 3. The summed E-state index contributed by atoms with van der Waals surface area (Å²) in [6.45, 7) is 1.06. The molecule has 3 nitrogen and oxygen atoms in total. The first-order chi connectivity index (χ1) is 4.85. The van der Waals surface area contributed by atoms with E-state index in [1.165, 1.54) is 0 Å². The van der Waals surface area contributed by atoms with Gasteiger partial charge in [-0.25, -0.2) is 9.18 Å². The molecule has 0 amide bonds. The third kappa shape index (κ3) is 17.7. The molecule has 0 rings (SSSR count). The summed E-state index contributed by atoms with van der Waals surface area (Å²) >= 11 is 0. The van der Waals surface area contributed by atoms with Crippen LogP contribution in [0.1, 0.15) is 0 Å². The molecule has 0 aliphatic heterocycles. The van der Waals surface area contributed by atoms with Gasteiger partial charge in [0.1, 0.15) is 0 Å². The van der Waals surface area contributed by atoms with E-state index in [0.29, 0.717) is 0 Å². The van der Waals surface area contributed by atoms with Crippen LogP contribution in [0.2, 0.25) is 0 Å². The molecular weight excluding hydrogens is 165 g/mol. The fourth-order valence-electron chi connectivity index (χ4n) is 0.0546. The van der Waals surface area contributed by atoms with E-state index < -0.39 is 18.8 Å². The van der Waals surface area contributed by atoms with Crippen LogP contribution in [0.5, 0.6) is 0 Å². The molecule has 0 aliphatic carbocycles. The van der Waals surface area contributed by atoms with E-state index in [-0.39, 0.29) is 6.08 Å². The lowest BCUT2D eigenvalue weighted by molar-refractivity contribution is 0.0280. The van der Waals surface area contributed by atoms with Crippen LogP contribution >= 0.6 is 0 Å². The van der Waals surface area contributed by atoms with Gasteiger partial charge in [0.15, 0.2) is 6.67 Å². The number of carbonyl (C=O) groups is 1. The maximum Gasteiger partial charge on any atom is 0.503 e. The summed E-state index contributed by atoms with van der Waals surface area (Å²) in [6, 6.07) is 0. The summed E-state index contributed by atoms with van der Waals surface area (Å²) in [6.07, 6.45) is -1.55. The average Bonchev–Trinajstić information content (AvgIpc) is 1.87. The summed E-state index contributed by atoms with van der Waals surface area (Å²) in [7, 11) is 0. The average molecular weight is 172 g/mol. The van der Waals surface area contributed by atoms with Crippen LogP contribution in [0.25, 0.3) is 0 Å². The highest BCUT2D eigenvalue weighted by molar-refractivity contribution is 5.53. The van der Waals surface area contributed by atoms with Crippen molar-refractivity contribution in [1.29, 1.82) is 0 Å². The minimum absolute atomic E-state index is 0.285. The second-order valence-corrected chi connectivity index (χ2v) is 1.38. The van der Waals surface area contributed by atoms with E-state index in [1.54, 1.807) is 0 Å². The van der Waals surface area contributed by atoms with E-state index in [1.807, 2.05) is 0 Å². The third-order valence-corrected chi connectivity index (χ3v) is 0.477. The van der Waals surface area contributed by atoms with Crippen LogP contribution in [0.3, 0.4) is 0 Å². The van der Waals surface area contributed by atoms with E-state index in [2.05, 4.69) is 6.58 Å². The highest BCUT2D eigenvalue weighted by Gasteiger charge is 2.22. The Bertz CT molecular complexity index is 131. The van der Waals surface area contributed by atoms with E-state index in [0.717, 1.165) is 0 Å². The highest BCUT2D eigenvalue weighted by Crippen LogP contribution is 2.13. The van der Waals surface area contributed by atoms with Gasteiger partial charge in [-0.2, -0.15) is 8.78 Å². The maximum absolute atomic E-state index is 11.4. The summed E-state index contributed by atoms with van der Waals surface area (Å²) in [5.74, 6) is -3.32. The normalized spacial score (nSPS) is 9.36. The summed E-state index contributed by atoms with van der Waals surface area (Å²) in [5.41, 5.74) is 0. The zero-order valence-corrected chi connectivity index (χ0v) is 5.43. The molecule has 0 aromatic carbocycles. The Kier molecular flexibility index (Phi) is 6.32. The van der Waals surface area contributed by atoms with Gasteiger partial charge in [0.2, 0.25) is 0 Å². The van der Waals surface area contributed by atoms with Crippen LogP contribution in [-0.4, -0.2) is 29.0 Å². The molecule has 11 heavy (non-hydrogen) atoms. The summed E-state index contributed by atoms with van der Waals surface area (Å²) in [5, 5.41) is 13.9. The van der Waals surface area contributed by atoms with Crippen LogP contribution < -0.4 is 0 Å². The molecule has 0 saturated carbocycles. The monoisotopic (exact) mass is 172 g/mol. The van der Waals surface area contributed by atoms with Crippen molar-refractivity contribution >= 4 is 6.16 Å². The molecule has 0 bridgehead atoms. The lowest BCUT2D eigenvalue weighted by atomic mass is 10.4. The van der Waals surface area contributed by atoms with Crippen molar-refractivity contribution in [3.8, 4) is 0 Å². The molecule has 0 spiro atoms. The first kappa shape index (κ1) is 12.5. The van der Waals surface area contributed by atoms with Gasteiger partial charge in [0.25, 0.3) is 5.92 Å². The predicted octanol–water partition coefficient (Wildman–Crippen LogP) is 2.00. The van der Waals surface area contributed by atoms with Gasteiger partial charge in [0, 0.05) is 0 Å². The van der Waals surface area contributed by atoms with Gasteiger partial charge in [0.05, 0.1) is 0 Å². The van der Waals surface area contributed by atoms with Crippen LogP contribution in [0, 0.1) is 0 Å². The summed E-state index contributed by atoms with van der Waals surface area (Å²) in [4.78, 5) is 8.56. The van der Waals surface area contributed by atoms with Crippen LogP contribution in [-0.2, 0) is 0 Å². The van der Waals surface area contributed by atoms with Gasteiger partial charge in [-0.15, -0.1) is 0 Å². The van der Waals surface area contributed by atoms with E-state index >= 15 is 0 Å². The SMILES string of the molecule is C=CC(F)(F)CF.O=C(O)O. The molecule has 0 radical (unpaired) electrons. The summed E-state index contributed by atoms with van der Waals surface area (Å²) < 4.78 is 33.7. The Labute approximate surface area is 60.8 Å². The van der Waals surface area contributed by atoms with Crippen molar-refractivity contribution < 1.29 is 28.2 Å². The minimum Gasteiger partial charge on any atom is -0.450 e. The molecule has 0 heterocycles. The molecule has 0 saturated heterocycles. The third-order valence-electron chi connectivity index (χ3n) is 0.477. The molecule has 0 unspecified atom stereocenters. The first-order valence-corrected chi connectivity index (χ1v) is 2.35. The van der Waals surface area contributed by atoms with Gasteiger partial charge in [-0.05, 0) is 6.08 Å². The largest absolute Gasteiger partial charge is 0.503 e. The smallest absolute Gasteiger partial charge is 0.450 e. The number of hydrogen-bond acceptors (Lipinski definition) is 1. The van der Waals surface area contributed by atoms with E-state index in [4.69, 9.17) is 15.0 Å². The van der Waals surface area contributed by atoms with Crippen molar-refractivity contribution in [3.05, 3.63) is 12.7 Å². The van der Waals surface area contributed by atoms with Gasteiger partial charge >= 0.3 is 6.16 Å². The Morgan fingerprint density at radius 2 is 1.82 bits per heavy atom. The van der Waals surface area contributed by atoms with Crippen molar-refractivity contribution in [1.82, 2.24) is 0 Å². The lowest BCUT2D eigenvalue weighted by Crippen LogP contribution is -2.13. The molecule has 66 valence electrons. The Morgan fingerprint density at radius 1 is 1.55 bits per heavy atom. The quantitative estimate of drug-likeness (QED) is 0.626. The number of hydrogen-bond donors (Lipinski definition) is 2. The van der Waals surface area contributed by atoms with E-state index in [9.17, 15) is 13.2 Å². The van der Waals surface area contributed by atoms with Crippen molar-refractivity contribution in [2.45, 2.75) is 5.92 Å². The first-order valence-electron chi connectivity index (χ1n) is 2.35. The van der Waals surface area contributed by atoms with Crippen LogP contribution in [0.15, 0.2) is 12.7 Å².